The third-order valence-corrected chi connectivity index (χ3v) is 3.58. The van der Waals surface area contributed by atoms with Gasteiger partial charge in [0.25, 0.3) is 0 Å². The van der Waals surface area contributed by atoms with E-state index >= 15 is 0 Å². The van der Waals surface area contributed by atoms with Gasteiger partial charge < -0.3 is 9.30 Å². The number of aromatic nitrogens is 2. The van der Waals surface area contributed by atoms with Crippen LogP contribution in [0.5, 0.6) is 5.75 Å². The number of hydrogen-bond donors (Lipinski definition) is 0. The monoisotopic (exact) mass is 303 g/mol. The molecule has 0 N–H and O–H groups in total. The molecule has 3 rings (SSSR count). The Morgan fingerprint density at radius 2 is 1.96 bits per heavy atom. The summed E-state index contributed by atoms with van der Waals surface area (Å²) < 4.78 is 7.83. The second-order valence-corrected chi connectivity index (χ2v) is 5.26. The fourth-order valence-electron chi connectivity index (χ4n) is 2.39. The quantitative estimate of drug-likeness (QED) is 0.701. The fraction of sp³-hybridized carbons (Fsp3) is 0.158. The van der Waals surface area contributed by atoms with E-state index in [2.05, 4.69) is 23.2 Å². The molecule has 0 aliphatic carbocycles. The van der Waals surface area contributed by atoms with Crippen molar-refractivity contribution in [2.45, 2.75) is 13.0 Å². The molecule has 2 aromatic carbocycles. The van der Waals surface area contributed by atoms with Crippen molar-refractivity contribution in [3.8, 4) is 11.8 Å². The molecule has 4 nitrogen and oxygen atoms in total. The molecule has 114 valence electrons. The second-order valence-electron chi connectivity index (χ2n) is 5.26. The summed E-state index contributed by atoms with van der Waals surface area (Å²) in [5, 5.41) is 9.24. The lowest BCUT2D eigenvalue weighted by molar-refractivity contribution is 0.320. The lowest BCUT2D eigenvalue weighted by atomic mass is 10.1. The van der Waals surface area contributed by atoms with Crippen LogP contribution in [0.3, 0.4) is 0 Å². The molecule has 0 amide bonds. The number of benzene rings is 2. The molecule has 0 fully saturated rings. The van der Waals surface area contributed by atoms with E-state index < -0.39 is 0 Å². The molecule has 4 heteroatoms. The Morgan fingerprint density at radius 1 is 1.09 bits per heavy atom. The van der Waals surface area contributed by atoms with Crippen LogP contribution in [0.25, 0.3) is 0 Å². The Balaban J connectivity index is 1.68. The summed E-state index contributed by atoms with van der Waals surface area (Å²) in [6, 6.07) is 18.1. The molecule has 0 aliphatic heterocycles. The number of nitrogens with zero attached hydrogens (tertiary/aromatic N) is 3. The number of imidazole rings is 1. The molecule has 0 aliphatic rings. The van der Waals surface area contributed by atoms with E-state index in [1.165, 1.54) is 5.56 Å². The molecule has 0 bridgehead atoms. The topological polar surface area (TPSA) is 50.8 Å². The van der Waals surface area contributed by atoms with Gasteiger partial charge in [-0.2, -0.15) is 5.26 Å². The van der Waals surface area contributed by atoms with Gasteiger partial charge in [-0.3, -0.25) is 0 Å². The standard InChI is InChI=1S/C19H17N3O/c20-13-18-7-6-17(14-22-10-9-21-15-22)12-19(18)23-11-8-16-4-2-1-3-5-16/h1-7,9-10,12,15H,8,11,14H2. The van der Waals surface area contributed by atoms with Crippen molar-refractivity contribution in [1.29, 1.82) is 5.26 Å². The van der Waals surface area contributed by atoms with E-state index in [0.29, 0.717) is 24.5 Å². The Kier molecular flexibility index (Phi) is 4.70. The van der Waals surface area contributed by atoms with Crippen molar-refractivity contribution in [3.05, 3.63) is 83.9 Å². The molecule has 0 saturated carbocycles. The van der Waals surface area contributed by atoms with Gasteiger partial charge in [0.05, 0.1) is 18.5 Å². The SMILES string of the molecule is N#Cc1ccc(Cn2ccnc2)cc1OCCc1ccccc1. The summed E-state index contributed by atoms with van der Waals surface area (Å²) >= 11 is 0. The minimum Gasteiger partial charge on any atom is -0.492 e. The van der Waals surface area contributed by atoms with Gasteiger partial charge in [0.2, 0.25) is 0 Å². The summed E-state index contributed by atoms with van der Waals surface area (Å²) in [6.07, 6.45) is 6.25. The molecule has 0 atom stereocenters. The smallest absolute Gasteiger partial charge is 0.137 e. The molecule has 0 unspecified atom stereocenters. The van der Waals surface area contributed by atoms with Gasteiger partial charge in [-0.05, 0) is 23.3 Å². The summed E-state index contributed by atoms with van der Waals surface area (Å²) in [5.74, 6) is 0.640. The molecule has 3 aromatic rings. The minimum absolute atomic E-state index is 0.549. The van der Waals surface area contributed by atoms with E-state index in [1.807, 2.05) is 47.2 Å². The Bertz CT molecular complexity index is 789. The largest absolute Gasteiger partial charge is 0.492 e. The van der Waals surface area contributed by atoms with Crippen LogP contribution in [0.4, 0.5) is 0 Å². The Labute approximate surface area is 135 Å². The summed E-state index contributed by atoms with van der Waals surface area (Å²) in [4.78, 5) is 4.04. The van der Waals surface area contributed by atoms with Gasteiger partial charge in [-0.15, -0.1) is 0 Å². The van der Waals surface area contributed by atoms with Crippen LogP contribution in [0, 0.1) is 11.3 Å². The number of ether oxygens (including phenoxy) is 1. The third-order valence-electron chi connectivity index (χ3n) is 3.58. The first-order valence-electron chi connectivity index (χ1n) is 7.50. The van der Waals surface area contributed by atoms with Crippen molar-refractivity contribution in [2.75, 3.05) is 6.61 Å². The van der Waals surface area contributed by atoms with Crippen molar-refractivity contribution < 1.29 is 4.74 Å². The van der Waals surface area contributed by atoms with Crippen molar-refractivity contribution >= 4 is 0 Å². The van der Waals surface area contributed by atoms with Gasteiger partial charge >= 0.3 is 0 Å². The van der Waals surface area contributed by atoms with E-state index in [9.17, 15) is 5.26 Å². The predicted octanol–water partition coefficient (Wildman–Crippen LogP) is 3.42. The zero-order valence-corrected chi connectivity index (χ0v) is 12.7. The first-order chi connectivity index (χ1) is 11.3. The zero-order chi connectivity index (χ0) is 15.9. The number of hydrogen-bond acceptors (Lipinski definition) is 3. The Hall–Kier alpha value is -3.06. The maximum atomic E-state index is 9.24. The highest BCUT2D eigenvalue weighted by Crippen LogP contribution is 2.21. The minimum atomic E-state index is 0.549. The Morgan fingerprint density at radius 3 is 2.70 bits per heavy atom. The van der Waals surface area contributed by atoms with Crippen molar-refractivity contribution in [3.63, 3.8) is 0 Å². The van der Waals surface area contributed by atoms with Gasteiger partial charge in [-0.25, -0.2) is 4.98 Å². The van der Waals surface area contributed by atoms with E-state index in [0.717, 1.165) is 12.0 Å². The van der Waals surface area contributed by atoms with Crippen LogP contribution in [0.1, 0.15) is 16.7 Å². The average molecular weight is 303 g/mol. The predicted molar refractivity (Wildman–Crippen MR) is 88.1 cm³/mol. The molecule has 23 heavy (non-hydrogen) atoms. The van der Waals surface area contributed by atoms with Crippen LogP contribution >= 0.6 is 0 Å². The van der Waals surface area contributed by atoms with Crippen LogP contribution in [0.2, 0.25) is 0 Å². The third kappa shape index (κ3) is 3.98. The molecule has 1 aromatic heterocycles. The van der Waals surface area contributed by atoms with Crippen molar-refractivity contribution in [2.24, 2.45) is 0 Å². The van der Waals surface area contributed by atoms with Gasteiger partial charge in [0, 0.05) is 25.4 Å². The van der Waals surface area contributed by atoms with Gasteiger partial charge in [0.15, 0.2) is 0 Å². The highest BCUT2D eigenvalue weighted by atomic mass is 16.5. The maximum Gasteiger partial charge on any atom is 0.137 e. The fourth-order valence-corrected chi connectivity index (χ4v) is 2.39. The normalized spacial score (nSPS) is 10.2. The van der Waals surface area contributed by atoms with Gasteiger partial charge in [-0.1, -0.05) is 36.4 Å². The highest BCUT2D eigenvalue weighted by Gasteiger charge is 2.06. The first-order valence-corrected chi connectivity index (χ1v) is 7.50. The van der Waals surface area contributed by atoms with E-state index in [4.69, 9.17) is 4.74 Å². The second kappa shape index (κ2) is 7.28. The van der Waals surface area contributed by atoms with Gasteiger partial charge in [0.1, 0.15) is 11.8 Å². The van der Waals surface area contributed by atoms with Crippen LogP contribution in [0.15, 0.2) is 67.3 Å². The molecule has 1 heterocycles. The molecule has 0 radical (unpaired) electrons. The number of rotatable bonds is 6. The maximum absolute atomic E-state index is 9.24. The molecular formula is C19H17N3O. The van der Waals surface area contributed by atoms with E-state index in [-0.39, 0.29) is 0 Å². The first kappa shape index (κ1) is 14.9. The molecule has 0 spiro atoms. The summed E-state index contributed by atoms with van der Waals surface area (Å²) in [6.45, 7) is 1.26. The van der Waals surface area contributed by atoms with E-state index in [1.54, 1.807) is 12.5 Å². The van der Waals surface area contributed by atoms with Crippen LogP contribution in [-0.4, -0.2) is 16.2 Å². The molecular weight excluding hydrogens is 286 g/mol. The molecule has 0 saturated heterocycles. The highest BCUT2D eigenvalue weighted by molar-refractivity contribution is 5.45. The lowest BCUT2D eigenvalue weighted by Gasteiger charge is -2.10. The number of nitriles is 1. The van der Waals surface area contributed by atoms with Crippen LogP contribution < -0.4 is 4.74 Å². The zero-order valence-electron chi connectivity index (χ0n) is 12.7. The average Bonchev–Trinajstić information content (AvgIpc) is 3.09. The lowest BCUT2D eigenvalue weighted by Crippen LogP contribution is -2.04. The summed E-state index contributed by atoms with van der Waals surface area (Å²) in [5.41, 5.74) is 2.87. The van der Waals surface area contributed by atoms with Crippen LogP contribution in [-0.2, 0) is 13.0 Å². The van der Waals surface area contributed by atoms with Crippen molar-refractivity contribution in [1.82, 2.24) is 9.55 Å². The summed E-state index contributed by atoms with van der Waals surface area (Å²) in [7, 11) is 0.